The van der Waals surface area contributed by atoms with Gasteiger partial charge in [0.25, 0.3) is 0 Å². The molecule has 2 aromatic heterocycles. The van der Waals surface area contributed by atoms with Crippen LogP contribution in [0.4, 0.5) is 4.39 Å². The van der Waals surface area contributed by atoms with Crippen LogP contribution in [0, 0.1) is 5.41 Å². The predicted molar refractivity (Wildman–Crippen MR) is 135 cm³/mol. The van der Waals surface area contributed by atoms with Crippen molar-refractivity contribution in [2.45, 2.75) is 45.8 Å². The third-order valence-electron chi connectivity index (χ3n) is 5.84. The molecule has 0 aliphatic heterocycles. The number of nitrogens with zero attached hydrogens (tertiary/aromatic N) is 4. The second-order valence-corrected chi connectivity index (χ2v) is 9.79. The maximum absolute atomic E-state index is 13.3. The largest absolute Gasteiger partial charge is 0.375 e. The van der Waals surface area contributed by atoms with Gasteiger partial charge in [0.15, 0.2) is 0 Å². The molecule has 0 spiro atoms. The summed E-state index contributed by atoms with van der Waals surface area (Å²) in [5.74, 6) is 0.549. The van der Waals surface area contributed by atoms with Crippen LogP contribution >= 0.6 is 0 Å². The molecule has 0 bridgehead atoms. The predicted octanol–water partition coefficient (Wildman–Crippen LogP) is 4.24. The molecule has 3 rings (SSSR count). The molecule has 3 aromatic rings. The van der Waals surface area contributed by atoms with Crippen molar-refractivity contribution in [3.63, 3.8) is 0 Å². The van der Waals surface area contributed by atoms with E-state index in [1.165, 1.54) is 7.11 Å². The second kappa shape index (κ2) is 12.0. The number of imidazole rings is 1. The fraction of sp³-hybridized carbons (Fsp3) is 0.444. The van der Waals surface area contributed by atoms with Gasteiger partial charge < -0.3 is 19.9 Å². The third-order valence-corrected chi connectivity index (χ3v) is 5.84. The molecule has 1 amide bonds. The minimum Gasteiger partial charge on any atom is -0.375 e. The highest BCUT2D eigenvalue weighted by molar-refractivity contribution is 5.78. The van der Waals surface area contributed by atoms with Gasteiger partial charge in [-0.1, -0.05) is 57.2 Å². The molecule has 2 atom stereocenters. The van der Waals surface area contributed by atoms with E-state index in [9.17, 15) is 9.18 Å². The maximum Gasteiger partial charge on any atom is 0.249 e. The van der Waals surface area contributed by atoms with Crippen molar-refractivity contribution >= 4 is 5.91 Å². The summed E-state index contributed by atoms with van der Waals surface area (Å²) in [5.41, 5.74) is 8.17. The molecule has 0 fully saturated rings. The van der Waals surface area contributed by atoms with Crippen LogP contribution in [0.1, 0.15) is 44.8 Å². The molecule has 1 aromatic carbocycles. The van der Waals surface area contributed by atoms with Crippen molar-refractivity contribution in [1.29, 1.82) is 0 Å². The molecular formula is C27H36FN5O2. The summed E-state index contributed by atoms with van der Waals surface area (Å²) in [6.07, 6.45) is 4.10. The van der Waals surface area contributed by atoms with E-state index in [1.54, 1.807) is 11.1 Å². The monoisotopic (exact) mass is 481 g/mol. The van der Waals surface area contributed by atoms with E-state index in [0.29, 0.717) is 19.5 Å². The molecular weight excluding hydrogens is 445 g/mol. The third kappa shape index (κ3) is 6.96. The molecule has 7 nitrogen and oxygen atoms in total. The van der Waals surface area contributed by atoms with Crippen LogP contribution < -0.4 is 5.73 Å². The minimum atomic E-state index is -0.640. The van der Waals surface area contributed by atoms with Crippen LogP contribution in [-0.4, -0.2) is 58.3 Å². The summed E-state index contributed by atoms with van der Waals surface area (Å²) >= 11 is 0. The van der Waals surface area contributed by atoms with E-state index in [4.69, 9.17) is 15.5 Å². The molecule has 8 heteroatoms. The first-order valence-electron chi connectivity index (χ1n) is 11.9. The molecule has 0 aliphatic carbocycles. The minimum absolute atomic E-state index is 0.0794. The highest BCUT2D eigenvalue weighted by Gasteiger charge is 2.38. The second-order valence-electron chi connectivity index (χ2n) is 9.79. The average Bonchev–Trinajstić information content (AvgIpc) is 3.24. The van der Waals surface area contributed by atoms with Crippen LogP contribution in [0.15, 0.2) is 60.9 Å². The fourth-order valence-electron chi connectivity index (χ4n) is 4.17. The summed E-state index contributed by atoms with van der Waals surface area (Å²) in [5, 5.41) is 0. The highest BCUT2D eigenvalue weighted by Crippen LogP contribution is 2.39. The first-order chi connectivity index (χ1) is 16.7. The van der Waals surface area contributed by atoms with Gasteiger partial charge in [0, 0.05) is 37.7 Å². The number of nitrogens with two attached hydrogens (primary N) is 1. The smallest absolute Gasteiger partial charge is 0.249 e. The molecule has 0 saturated heterocycles. The zero-order valence-corrected chi connectivity index (χ0v) is 21.0. The van der Waals surface area contributed by atoms with Crippen molar-refractivity contribution in [1.82, 2.24) is 19.4 Å². The Morgan fingerprint density at radius 1 is 1.17 bits per heavy atom. The lowest BCUT2D eigenvalue weighted by Gasteiger charge is -2.40. The molecule has 188 valence electrons. The van der Waals surface area contributed by atoms with Crippen molar-refractivity contribution in [2.75, 3.05) is 26.9 Å². The number of carbonyl (C=O) groups excluding carboxylic acids is 1. The molecule has 35 heavy (non-hydrogen) atoms. The lowest BCUT2D eigenvalue weighted by atomic mass is 9.84. The van der Waals surface area contributed by atoms with E-state index < -0.39 is 18.8 Å². The summed E-state index contributed by atoms with van der Waals surface area (Å²) in [6, 6.07) is 14.7. The van der Waals surface area contributed by atoms with E-state index in [1.807, 2.05) is 54.7 Å². The van der Waals surface area contributed by atoms with Crippen molar-refractivity contribution in [2.24, 2.45) is 11.1 Å². The molecule has 0 saturated carbocycles. The number of pyridine rings is 1. The topological polar surface area (TPSA) is 86.3 Å². The summed E-state index contributed by atoms with van der Waals surface area (Å²) in [4.78, 5) is 24.6. The van der Waals surface area contributed by atoms with Crippen LogP contribution in [-0.2, 0) is 16.1 Å². The first kappa shape index (κ1) is 26.5. The Hall–Kier alpha value is -3.10. The molecule has 0 aliphatic rings. The Balaban J connectivity index is 2.13. The standard InChI is InChI=1S/C27H36FN5O2/c1-27(2,3)25(33(24(34)19-35-4)15-13-21(29)16-28)26-31-23(20-10-6-5-7-11-20)18-32(26)17-22-12-8-9-14-30-22/h5-12,14,18,21,25H,13,15-17,19,29H2,1-4H3/t21-,25-/m0/s1. The van der Waals surface area contributed by atoms with Gasteiger partial charge in [-0.2, -0.15) is 0 Å². The highest BCUT2D eigenvalue weighted by atomic mass is 19.1. The van der Waals surface area contributed by atoms with Gasteiger partial charge >= 0.3 is 0 Å². The summed E-state index contributed by atoms with van der Waals surface area (Å²) < 4.78 is 20.4. The zero-order chi connectivity index (χ0) is 25.4. The van der Waals surface area contributed by atoms with E-state index in [-0.39, 0.29) is 17.9 Å². The summed E-state index contributed by atoms with van der Waals surface area (Å²) in [7, 11) is 1.49. The SMILES string of the molecule is COCC(=O)N(CC[C@H](N)CF)[C@@H](c1nc(-c2ccccc2)cn1Cc1ccccn1)C(C)(C)C. The Kier molecular flexibility index (Phi) is 9.12. The number of carbonyl (C=O) groups is 1. The normalized spacial score (nSPS) is 13.4. The van der Waals surface area contributed by atoms with E-state index in [0.717, 1.165) is 22.8 Å². The van der Waals surface area contributed by atoms with E-state index in [2.05, 4.69) is 30.3 Å². The van der Waals surface area contributed by atoms with Crippen molar-refractivity contribution < 1.29 is 13.9 Å². The van der Waals surface area contributed by atoms with Gasteiger partial charge in [-0.15, -0.1) is 0 Å². The number of benzene rings is 1. The molecule has 2 N–H and O–H groups in total. The van der Waals surface area contributed by atoms with Crippen LogP contribution in [0.2, 0.25) is 0 Å². The number of ether oxygens (including phenoxy) is 1. The lowest BCUT2D eigenvalue weighted by molar-refractivity contribution is -0.140. The fourth-order valence-corrected chi connectivity index (χ4v) is 4.17. The average molecular weight is 482 g/mol. The van der Waals surface area contributed by atoms with Crippen LogP contribution in [0.25, 0.3) is 11.3 Å². The molecule has 0 radical (unpaired) electrons. The Morgan fingerprint density at radius 2 is 1.89 bits per heavy atom. The number of rotatable bonds is 11. The Labute approximate surface area is 207 Å². The van der Waals surface area contributed by atoms with Gasteiger partial charge in [-0.25, -0.2) is 9.37 Å². The first-order valence-corrected chi connectivity index (χ1v) is 11.9. The van der Waals surface area contributed by atoms with Gasteiger partial charge in [0.2, 0.25) is 5.91 Å². The number of alkyl halides is 1. The number of amides is 1. The van der Waals surface area contributed by atoms with Gasteiger partial charge in [-0.3, -0.25) is 9.78 Å². The Bertz CT molecular complexity index is 1070. The van der Waals surface area contributed by atoms with Crippen molar-refractivity contribution in [3.05, 3.63) is 72.4 Å². The zero-order valence-electron chi connectivity index (χ0n) is 21.0. The Morgan fingerprint density at radius 3 is 2.49 bits per heavy atom. The van der Waals surface area contributed by atoms with Crippen molar-refractivity contribution in [3.8, 4) is 11.3 Å². The van der Waals surface area contributed by atoms with E-state index >= 15 is 0 Å². The lowest BCUT2D eigenvalue weighted by Crippen LogP contribution is -2.45. The molecule has 2 heterocycles. The van der Waals surface area contributed by atoms with Crippen LogP contribution in [0.3, 0.4) is 0 Å². The number of methoxy groups -OCH3 is 1. The number of aromatic nitrogens is 3. The van der Waals surface area contributed by atoms with Crippen LogP contribution in [0.5, 0.6) is 0 Å². The molecule has 0 unspecified atom stereocenters. The van der Waals surface area contributed by atoms with Gasteiger partial charge in [0.1, 0.15) is 19.1 Å². The van der Waals surface area contributed by atoms with Gasteiger partial charge in [0.05, 0.1) is 24.0 Å². The number of halogens is 1. The number of hydrogen-bond donors (Lipinski definition) is 1. The maximum atomic E-state index is 13.3. The quantitative estimate of drug-likeness (QED) is 0.443. The summed E-state index contributed by atoms with van der Waals surface area (Å²) in [6.45, 7) is 6.29. The van der Waals surface area contributed by atoms with Gasteiger partial charge in [-0.05, 0) is 24.0 Å². The number of hydrogen-bond acceptors (Lipinski definition) is 5.